The number of halogens is 2. The van der Waals surface area contributed by atoms with Gasteiger partial charge < -0.3 is 15.5 Å². The van der Waals surface area contributed by atoms with Crippen LogP contribution in [0.25, 0.3) is 0 Å². The Kier molecular flexibility index (Phi) is 2.66. The van der Waals surface area contributed by atoms with Crippen LogP contribution in [0.1, 0.15) is 0 Å². The lowest BCUT2D eigenvalue weighted by molar-refractivity contribution is 0.593. The van der Waals surface area contributed by atoms with Crippen LogP contribution in [0.4, 0.5) is 17.7 Å². The van der Waals surface area contributed by atoms with Gasteiger partial charge in [-0.3, -0.25) is 0 Å². The lowest BCUT2D eigenvalue weighted by atomic mass is 10.3. The third kappa shape index (κ3) is 2.31. The molecular formula is C8H6Cl2N4O. The van der Waals surface area contributed by atoms with E-state index < -0.39 is 0 Å². The van der Waals surface area contributed by atoms with Crippen LogP contribution in [0.2, 0.25) is 10.0 Å². The number of nitrogens with one attached hydrogen (secondary N) is 1. The minimum atomic E-state index is -0.0179. The standard InChI is InChI=1S/C8H6Cl2N4O/c9-4-1-2-5(10)6(3-4)12-8-14-13-7(11)15-8/h1-3H,(H2,11,13)(H,12,14). The molecule has 5 nitrogen and oxygen atoms in total. The Morgan fingerprint density at radius 2 is 2.07 bits per heavy atom. The van der Waals surface area contributed by atoms with Gasteiger partial charge in [-0.2, -0.15) is 0 Å². The molecule has 1 aromatic carbocycles. The molecule has 0 aliphatic rings. The summed E-state index contributed by atoms with van der Waals surface area (Å²) in [5, 5.41) is 11.0. The summed E-state index contributed by atoms with van der Waals surface area (Å²) in [6.07, 6.45) is 0. The molecule has 2 rings (SSSR count). The Hall–Kier alpha value is -1.46. The zero-order valence-corrected chi connectivity index (χ0v) is 8.88. The Morgan fingerprint density at radius 1 is 1.27 bits per heavy atom. The van der Waals surface area contributed by atoms with Crippen molar-refractivity contribution in [1.82, 2.24) is 10.2 Å². The van der Waals surface area contributed by atoms with Crippen molar-refractivity contribution in [3.05, 3.63) is 28.2 Å². The Balaban J connectivity index is 2.27. The molecule has 0 radical (unpaired) electrons. The van der Waals surface area contributed by atoms with Gasteiger partial charge in [0.05, 0.1) is 10.7 Å². The summed E-state index contributed by atoms with van der Waals surface area (Å²) in [5.41, 5.74) is 5.84. The topological polar surface area (TPSA) is 77.0 Å². The fraction of sp³-hybridized carbons (Fsp3) is 0. The number of nitrogens with zero attached hydrogens (tertiary/aromatic N) is 2. The van der Waals surface area contributed by atoms with Crippen LogP contribution < -0.4 is 11.1 Å². The van der Waals surface area contributed by atoms with E-state index in [0.717, 1.165) is 0 Å². The van der Waals surface area contributed by atoms with Gasteiger partial charge in [0.1, 0.15) is 0 Å². The zero-order valence-electron chi connectivity index (χ0n) is 7.37. The van der Waals surface area contributed by atoms with Crippen LogP contribution in [0, 0.1) is 0 Å². The fourth-order valence-electron chi connectivity index (χ4n) is 0.994. The van der Waals surface area contributed by atoms with Gasteiger partial charge >= 0.3 is 12.0 Å². The van der Waals surface area contributed by atoms with Crippen molar-refractivity contribution in [2.45, 2.75) is 0 Å². The summed E-state index contributed by atoms with van der Waals surface area (Å²) >= 11 is 11.7. The molecule has 3 N–H and O–H groups in total. The summed E-state index contributed by atoms with van der Waals surface area (Å²) < 4.78 is 4.93. The van der Waals surface area contributed by atoms with Crippen molar-refractivity contribution in [3.8, 4) is 0 Å². The number of hydrogen-bond acceptors (Lipinski definition) is 5. The van der Waals surface area contributed by atoms with E-state index in [1.807, 2.05) is 0 Å². The molecule has 0 spiro atoms. The number of nitrogen functional groups attached to an aromatic ring is 1. The quantitative estimate of drug-likeness (QED) is 0.850. The molecule has 1 aromatic heterocycles. The second-order valence-electron chi connectivity index (χ2n) is 2.69. The van der Waals surface area contributed by atoms with E-state index in [0.29, 0.717) is 15.7 Å². The van der Waals surface area contributed by atoms with Crippen molar-refractivity contribution in [3.63, 3.8) is 0 Å². The Bertz CT molecular complexity index is 485. The van der Waals surface area contributed by atoms with Crippen LogP contribution in [-0.2, 0) is 0 Å². The lowest BCUT2D eigenvalue weighted by Gasteiger charge is -2.03. The summed E-state index contributed by atoms with van der Waals surface area (Å²) in [6, 6.07) is 5.13. The summed E-state index contributed by atoms with van der Waals surface area (Å²) in [6.45, 7) is 0. The van der Waals surface area contributed by atoms with E-state index in [1.165, 1.54) is 0 Å². The number of aromatic nitrogens is 2. The third-order valence-electron chi connectivity index (χ3n) is 1.61. The van der Waals surface area contributed by atoms with Gasteiger partial charge in [-0.1, -0.05) is 33.4 Å². The first-order chi connectivity index (χ1) is 7.15. The largest absolute Gasteiger partial charge is 0.389 e. The highest BCUT2D eigenvalue weighted by Crippen LogP contribution is 2.27. The normalized spacial score (nSPS) is 10.3. The third-order valence-corrected chi connectivity index (χ3v) is 2.18. The molecule has 0 saturated carbocycles. The maximum Gasteiger partial charge on any atom is 0.321 e. The number of nitrogens with two attached hydrogens (primary N) is 1. The number of hydrogen-bond donors (Lipinski definition) is 2. The van der Waals surface area contributed by atoms with E-state index in [9.17, 15) is 0 Å². The molecule has 15 heavy (non-hydrogen) atoms. The molecule has 0 aliphatic carbocycles. The van der Waals surface area contributed by atoms with Crippen molar-refractivity contribution in [1.29, 1.82) is 0 Å². The van der Waals surface area contributed by atoms with Crippen molar-refractivity contribution >= 4 is 40.9 Å². The van der Waals surface area contributed by atoms with Crippen LogP contribution in [0.5, 0.6) is 0 Å². The molecule has 0 fully saturated rings. The molecule has 2 aromatic rings. The maximum atomic E-state index is 5.91. The number of benzene rings is 1. The Morgan fingerprint density at radius 3 is 2.73 bits per heavy atom. The molecule has 0 amide bonds. The van der Waals surface area contributed by atoms with Crippen molar-refractivity contribution < 1.29 is 4.42 Å². The monoisotopic (exact) mass is 244 g/mol. The zero-order chi connectivity index (χ0) is 10.8. The highest BCUT2D eigenvalue weighted by Gasteiger charge is 2.06. The predicted molar refractivity (Wildman–Crippen MR) is 58.5 cm³/mol. The van der Waals surface area contributed by atoms with Crippen LogP contribution in [0.15, 0.2) is 22.6 Å². The van der Waals surface area contributed by atoms with E-state index in [2.05, 4.69) is 15.5 Å². The summed E-state index contributed by atoms with van der Waals surface area (Å²) in [4.78, 5) is 0. The minimum Gasteiger partial charge on any atom is -0.389 e. The number of rotatable bonds is 2. The molecular weight excluding hydrogens is 239 g/mol. The fourth-order valence-corrected chi connectivity index (χ4v) is 1.33. The molecule has 7 heteroatoms. The Labute approximate surface area is 95.2 Å². The van der Waals surface area contributed by atoms with Crippen molar-refractivity contribution in [2.24, 2.45) is 0 Å². The number of anilines is 3. The van der Waals surface area contributed by atoms with E-state index >= 15 is 0 Å². The van der Waals surface area contributed by atoms with Crippen LogP contribution in [-0.4, -0.2) is 10.2 Å². The first kappa shape index (κ1) is 10.1. The predicted octanol–water partition coefficient (Wildman–Crippen LogP) is 2.70. The van der Waals surface area contributed by atoms with Gasteiger partial charge in [0.15, 0.2) is 0 Å². The van der Waals surface area contributed by atoms with Gasteiger partial charge in [0, 0.05) is 5.02 Å². The first-order valence-electron chi connectivity index (χ1n) is 3.96. The molecule has 0 unspecified atom stereocenters. The van der Waals surface area contributed by atoms with Gasteiger partial charge in [-0.25, -0.2) is 0 Å². The van der Waals surface area contributed by atoms with Crippen LogP contribution >= 0.6 is 23.2 Å². The first-order valence-corrected chi connectivity index (χ1v) is 4.72. The van der Waals surface area contributed by atoms with Gasteiger partial charge in [-0.05, 0) is 18.2 Å². The van der Waals surface area contributed by atoms with Gasteiger partial charge in [-0.15, -0.1) is 0 Å². The average molecular weight is 245 g/mol. The molecule has 0 saturated heterocycles. The highest BCUT2D eigenvalue weighted by atomic mass is 35.5. The van der Waals surface area contributed by atoms with Gasteiger partial charge in [0.25, 0.3) is 0 Å². The van der Waals surface area contributed by atoms with Crippen LogP contribution in [0.3, 0.4) is 0 Å². The SMILES string of the molecule is Nc1nnc(Nc2cc(Cl)ccc2Cl)o1. The van der Waals surface area contributed by atoms with E-state index in [-0.39, 0.29) is 12.0 Å². The van der Waals surface area contributed by atoms with Crippen molar-refractivity contribution in [2.75, 3.05) is 11.1 Å². The summed E-state index contributed by atoms with van der Waals surface area (Å²) in [5.74, 6) is 0. The molecule has 1 heterocycles. The maximum absolute atomic E-state index is 5.91. The molecule has 78 valence electrons. The second kappa shape index (κ2) is 3.96. The summed E-state index contributed by atoms with van der Waals surface area (Å²) in [7, 11) is 0. The minimum absolute atomic E-state index is 0.0179. The van der Waals surface area contributed by atoms with Gasteiger partial charge in [0.2, 0.25) is 0 Å². The average Bonchev–Trinajstić information content (AvgIpc) is 2.58. The highest BCUT2D eigenvalue weighted by molar-refractivity contribution is 6.35. The van der Waals surface area contributed by atoms with E-state index in [4.69, 9.17) is 33.4 Å². The smallest absolute Gasteiger partial charge is 0.321 e. The lowest BCUT2D eigenvalue weighted by Crippen LogP contribution is -1.91. The second-order valence-corrected chi connectivity index (χ2v) is 3.54. The molecule has 0 atom stereocenters. The molecule has 0 bridgehead atoms. The van der Waals surface area contributed by atoms with E-state index in [1.54, 1.807) is 18.2 Å². The molecule has 0 aliphatic heterocycles.